The van der Waals surface area contributed by atoms with E-state index in [1.807, 2.05) is 51.9 Å². The fraction of sp³-hybridized carbons (Fsp3) is 0.314. The average Bonchev–Trinajstić information content (AvgIpc) is 3.42. The number of isocyanates is 9. The van der Waals surface area contributed by atoms with Gasteiger partial charge < -0.3 is 19.1 Å². The van der Waals surface area contributed by atoms with Crippen molar-refractivity contribution in [2.24, 2.45) is 44.9 Å². The number of esters is 1. The van der Waals surface area contributed by atoms with Crippen LogP contribution in [0.15, 0.2) is 142 Å². The van der Waals surface area contributed by atoms with Crippen molar-refractivity contribution in [1.29, 1.82) is 0 Å². The topological polar surface area (TPSA) is 317 Å². The number of anilines is 1. The van der Waals surface area contributed by atoms with Crippen LogP contribution in [0, 0.1) is 6.57 Å². The van der Waals surface area contributed by atoms with Crippen molar-refractivity contribution in [2.75, 3.05) is 66.5 Å². The molecule has 0 aliphatic heterocycles. The molecule has 0 aromatic heterocycles. The summed E-state index contributed by atoms with van der Waals surface area (Å²) in [5.41, 5.74) is 3.80. The molecule has 0 fully saturated rings. The molecule has 0 spiro atoms. The number of benzene rings is 4. The quantitative estimate of drug-likeness (QED) is 0.0493. The van der Waals surface area contributed by atoms with Crippen molar-refractivity contribution in [1.82, 2.24) is 0 Å². The van der Waals surface area contributed by atoms with E-state index < -0.39 is 5.97 Å². The van der Waals surface area contributed by atoms with E-state index in [0.717, 1.165) is 17.9 Å². The molecule has 394 valence electrons. The van der Waals surface area contributed by atoms with Crippen LogP contribution in [0.1, 0.15) is 41.0 Å². The molecule has 0 aliphatic carbocycles. The summed E-state index contributed by atoms with van der Waals surface area (Å²) in [6, 6.07) is 27.7. The summed E-state index contributed by atoms with van der Waals surface area (Å²) in [7, 11) is 8.44. The Morgan fingerprint density at radius 2 is 1.05 bits per heavy atom. The van der Waals surface area contributed by atoms with Crippen molar-refractivity contribution in [2.45, 2.75) is 47.1 Å². The van der Waals surface area contributed by atoms with Crippen LogP contribution in [0.3, 0.4) is 0 Å². The van der Waals surface area contributed by atoms with Gasteiger partial charge in [0.05, 0.1) is 62.7 Å². The SMILES string of the molecule is CC(C)N=C=O.CCCN=C=O.CCN=C=O.CCOC(=O)CN=C=O.CN(C)c1ccc(N=C=O)cc1.CN=C=O.COc1ccc(N=C=O)cc1.COc1cccc(N=C=O)c1.[C-]#[N+]c1cccc(N=C=O)c1. The fourth-order valence-corrected chi connectivity index (χ4v) is 3.64. The molecule has 0 unspecified atom stereocenters. The standard InChI is InChI=1S/C9H10N2O.C8H4N2O.2C8H7NO2.C5H7NO3.2C4H7NO.C3H5NO.C2H3NO/c1-11(2)9-5-3-8(4-6-9)10-7-12;1-9-7-3-2-4-8(5-7)10-6-11;1-11-8-4-2-7(3-5-8)9-6-10;1-11-8-4-2-3-7(5-8)9-6-10;1-2-9-5(8)3-6-4-7;1-4(2)5-3-6;1-2-3-5-4-6;1-2-4-3-5;1-3-2-4/h3-6H,1-2H3;2-5H;2*2-5H,1H3;2-3H2,1H3;4H,1-2H3;2-3H2,1H3;2H2,1H3;1H3. The average molecular weight is 1030 g/mol. The van der Waals surface area contributed by atoms with Crippen molar-refractivity contribution >= 4 is 94.8 Å². The first kappa shape index (κ1) is 73.6. The molecule has 0 atom stereocenters. The third-order valence-corrected chi connectivity index (χ3v) is 6.75. The molecule has 4 rings (SSSR count). The molecule has 0 heterocycles. The predicted molar refractivity (Wildman–Crippen MR) is 279 cm³/mol. The highest BCUT2D eigenvalue weighted by atomic mass is 16.5. The zero-order valence-electron chi connectivity index (χ0n) is 43.1. The van der Waals surface area contributed by atoms with Gasteiger partial charge in [0.15, 0.2) is 5.69 Å². The molecule has 75 heavy (non-hydrogen) atoms. The number of rotatable bonds is 14. The monoisotopic (exact) mass is 1030 g/mol. The Labute approximate surface area is 434 Å². The van der Waals surface area contributed by atoms with E-state index >= 15 is 0 Å². The summed E-state index contributed by atoms with van der Waals surface area (Å²) in [6.45, 7) is 17.0. The molecule has 0 aliphatic rings. The molecule has 0 amide bonds. The maximum absolute atomic E-state index is 10.3. The number of carbonyl (C=O) groups excluding carboxylic acids is 10. The Balaban J connectivity index is -0.000000250. The van der Waals surface area contributed by atoms with Crippen LogP contribution in [-0.2, 0) is 52.7 Å². The summed E-state index contributed by atoms with van der Waals surface area (Å²) < 4.78 is 14.3. The lowest BCUT2D eigenvalue weighted by molar-refractivity contribution is -0.141. The van der Waals surface area contributed by atoms with Gasteiger partial charge in [-0.3, -0.25) is 4.79 Å². The number of nitrogens with zero attached hydrogens (tertiary/aromatic N) is 11. The minimum absolute atomic E-state index is 0.0995. The second-order valence-corrected chi connectivity index (χ2v) is 12.6. The number of hydrogen-bond donors (Lipinski definition) is 0. The second kappa shape index (κ2) is 58.0. The van der Waals surface area contributed by atoms with Gasteiger partial charge in [-0.05, 0) is 107 Å². The third-order valence-electron chi connectivity index (χ3n) is 6.75. The van der Waals surface area contributed by atoms with Crippen molar-refractivity contribution in [3.05, 3.63) is 108 Å². The number of ether oxygens (including phenoxy) is 3. The van der Waals surface area contributed by atoms with Crippen LogP contribution in [0.25, 0.3) is 4.85 Å². The Morgan fingerprint density at radius 1 is 0.587 bits per heavy atom. The first-order valence-electron chi connectivity index (χ1n) is 21.3. The summed E-state index contributed by atoms with van der Waals surface area (Å²) >= 11 is 0. The van der Waals surface area contributed by atoms with Crippen molar-refractivity contribution in [3.8, 4) is 11.5 Å². The van der Waals surface area contributed by atoms with Gasteiger partial charge in [0.1, 0.15) is 18.0 Å². The Bertz CT molecular complexity index is 2670. The van der Waals surface area contributed by atoms with Gasteiger partial charge in [-0.15, -0.1) is 0 Å². The van der Waals surface area contributed by atoms with Crippen LogP contribution in [-0.4, -0.2) is 128 Å². The lowest BCUT2D eigenvalue weighted by Crippen LogP contribution is -2.07. The van der Waals surface area contributed by atoms with E-state index in [0.29, 0.717) is 53.9 Å². The summed E-state index contributed by atoms with van der Waals surface area (Å²) in [6.07, 6.45) is 13.6. The normalized spacial score (nSPS) is 7.76. The summed E-state index contributed by atoms with van der Waals surface area (Å²) in [5.74, 6) is 0.928. The van der Waals surface area contributed by atoms with Gasteiger partial charge in [-0.25, -0.2) is 68.0 Å². The molecule has 4 aromatic rings. The van der Waals surface area contributed by atoms with Crippen molar-refractivity contribution < 1.29 is 62.2 Å². The van der Waals surface area contributed by atoms with E-state index in [1.165, 1.54) is 67.8 Å². The molecule has 4 aromatic carbocycles. The molecule has 0 bridgehead atoms. The van der Waals surface area contributed by atoms with Gasteiger partial charge in [0, 0.05) is 39.4 Å². The number of carbonyl (C=O) groups is 1. The van der Waals surface area contributed by atoms with Gasteiger partial charge in [0.2, 0.25) is 54.7 Å². The maximum Gasteiger partial charge on any atom is 0.328 e. The first-order chi connectivity index (χ1) is 36.1. The largest absolute Gasteiger partial charge is 0.497 e. The van der Waals surface area contributed by atoms with Gasteiger partial charge in [-0.2, -0.15) is 25.0 Å². The molecule has 24 nitrogen and oxygen atoms in total. The summed E-state index contributed by atoms with van der Waals surface area (Å²) in [5, 5.41) is 0. The molecule has 0 N–H and O–H groups in total. The lowest BCUT2D eigenvalue weighted by Gasteiger charge is -2.11. The molecule has 0 saturated carbocycles. The smallest absolute Gasteiger partial charge is 0.328 e. The van der Waals surface area contributed by atoms with E-state index in [9.17, 15) is 38.4 Å². The van der Waals surface area contributed by atoms with Crippen LogP contribution < -0.4 is 14.4 Å². The van der Waals surface area contributed by atoms with E-state index in [4.69, 9.17) is 25.6 Å². The summed E-state index contributed by atoms with van der Waals surface area (Å²) in [4.78, 5) is 130. The van der Waals surface area contributed by atoms with E-state index in [2.05, 4.69) is 54.5 Å². The predicted octanol–water partition coefficient (Wildman–Crippen LogP) is 8.89. The minimum Gasteiger partial charge on any atom is -0.497 e. The van der Waals surface area contributed by atoms with Gasteiger partial charge in [-0.1, -0.05) is 25.1 Å². The molecular weight excluding hydrogens is 975 g/mol. The second-order valence-electron chi connectivity index (χ2n) is 12.6. The van der Waals surface area contributed by atoms with Crippen molar-refractivity contribution in [3.63, 3.8) is 0 Å². The molecular formula is C51H57N11O13. The van der Waals surface area contributed by atoms with E-state index in [-0.39, 0.29) is 12.6 Å². The molecule has 0 saturated heterocycles. The first-order valence-corrected chi connectivity index (χ1v) is 21.3. The highest BCUT2D eigenvalue weighted by Crippen LogP contribution is 2.20. The fourth-order valence-electron chi connectivity index (χ4n) is 3.64. The number of hydrogen-bond acceptors (Lipinski definition) is 23. The minimum atomic E-state index is -0.499. The molecule has 0 radical (unpaired) electrons. The maximum atomic E-state index is 10.3. The highest BCUT2D eigenvalue weighted by Gasteiger charge is 1.97. The van der Waals surface area contributed by atoms with Crippen LogP contribution in [0.5, 0.6) is 11.5 Å². The van der Waals surface area contributed by atoms with Gasteiger partial charge in [0.25, 0.3) is 0 Å². The number of aliphatic imine (C=N–C) groups is 9. The van der Waals surface area contributed by atoms with Crippen LogP contribution in [0.4, 0.5) is 34.1 Å². The van der Waals surface area contributed by atoms with E-state index in [1.54, 1.807) is 107 Å². The highest BCUT2D eigenvalue weighted by molar-refractivity contribution is 5.72. The Kier molecular flexibility index (Phi) is 56.9. The lowest BCUT2D eigenvalue weighted by atomic mass is 10.3. The zero-order chi connectivity index (χ0) is 57.8. The third kappa shape index (κ3) is 52.9. The Morgan fingerprint density at radius 3 is 1.39 bits per heavy atom. The van der Waals surface area contributed by atoms with Crippen LogP contribution >= 0.6 is 0 Å². The number of methoxy groups -OCH3 is 2. The van der Waals surface area contributed by atoms with Crippen LogP contribution in [0.2, 0.25) is 0 Å². The zero-order valence-corrected chi connectivity index (χ0v) is 43.1. The van der Waals surface area contributed by atoms with Gasteiger partial charge >= 0.3 is 5.97 Å². The Hall–Kier alpha value is -10.3. The molecule has 24 heteroatoms.